The molecule has 0 aromatic heterocycles. The molecule has 3 aliphatic heterocycles. The number of hydrogen-bond acceptors (Lipinski definition) is 6. The zero-order valence-corrected chi connectivity index (χ0v) is 11.2. The monoisotopic (exact) mass is 259 g/mol. The van der Waals surface area contributed by atoms with E-state index in [0.29, 0.717) is 6.54 Å². The summed E-state index contributed by atoms with van der Waals surface area (Å²) in [7, 11) is 0. The Bertz CT molecular complexity index is 345. The van der Waals surface area contributed by atoms with Gasteiger partial charge in [-0.2, -0.15) is 0 Å². The zero-order chi connectivity index (χ0) is 13.1. The van der Waals surface area contributed by atoms with Crippen LogP contribution >= 0.6 is 0 Å². The average molecular weight is 259 g/mol. The molecule has 6 nitrogen and oxygen atoms in total. The van der Waals surface area contributed by atoms with Gasteiger partial charge in [0, 0.05) is 6.54 Å². The van der Waals surface area contributed by atoms with Crippen molar-refractivity contribution in [2.75, 3.05) is 6.54 Å². The van der Waals surface area contributed by atoms with Crippen LogP contribution < -0.4 is 5.73 Å². The molecule has 0 bridgehead atoms. The van der Waals surface area contributed by atoms with E-state index in [1.807, 2.05) is 27.7 Å². The second kappa shape index (κ2) is 3.88. The summed E-state index contributed by atoms with van der Waals surface area (Å²) in [5.74, 6) is -1.31. The van der Waals surface area contributed by atoms with Gasteiger partial charge in [-0.1, -0.05) is 0 Å². The third kappa shape index (κ3) is 1.97. The lowest BCUT2D eigenvalue weighted by atomic mass is 9.99. The first kappa shape index (κ1) is 12.8. The second-order valence-corrected chi connectivity index (χ2v) is 5.94. The first-order valence-electron chi connectivity index (χ1n) is 6.38. The molecule has 0 unspecified atom stereocenters. The van der Waals surface area contributed by atoms with E-state index in [9.17, 15) is 0 Å². The van der Waals surface area contributed by atoms with E-state index in [1.165, 1.54) is 0 Å². The Kier molecular flexibility index (Phi) is 2.75. The molecule has 18 heavy (non-hydrogen) atoms. The molecule has 0 aromatic rings. The molecule has 0 aliphatic carbocycles. The first-order chi connectivity index (χ1) is 8.31. The van der Waals surface area contributed by atoms with Crippen molar-refractivity contribution in [3.63, 3.8) is 0 Å². The van der Waals surface area contributed by atoms with Crippen LogP contribution in [0, 0.1) is 0 Å². The van der Waals surface area contributed by atoms with E-state index in [-0.39, 0.29) is 24.4 Å². The van der Waals surface area contributed by atoms with Gasteiger partial charge in [0.15, 0.2) is 17.9 Å². The highest BCUT2D eigenvalue weighted by Crippen LogP contribution is 2.43. The standard InChI is InChI=1S/C12H21NO5/c1-11(2)15-7-6(5-13)14-10-9(8(7)16-11)17-12(3,4)18-10/h6-10H,5,13H2,1-4H3/t6-,7+,8+,9-,10-/m0/s1. The van der Waals surface area contributed by atoms with Crippen molar-refractivity contribution in [3.8, 4) is 0 Å². The van der Waals surface area contributed by atoms with E-state index in [1.54, 1.807) is 0 Å². The van der Waals surface area contributed by atoms with Gasteiger partial charge in [0.1, 0.15) is 24.4 Å². The van der Waals surface area contributed by atoms with Gasteiger partial charge in [-0.15, -0.1) is 0 Å². The lowest BCUT2D eigenvalue weighted by molar-refractivity contribution is -0.231. The molecule has 5 atom stereocenters. The third-order valence-corrected chi connectivity index (χ3v) is 3.48. The van der Waals surface area contributed by atoms with Crippen LogP contribution in [0.5, 0.6) is 0 Å². The third-order valence-electron chi connectivity index (χ3n) is 3.48. The molecule has 6 heteroatoms. The summed E-state index contributed by atoms with van der Waals surface area (Å²) in [6.45, 7) is 7.86. The highest BCUT2D eigenvalue weighted by molar-refractivity contribution is 5.00. The fourth-order valence-corrected chi connectivity index (χ4v) is 2.88. The molecule has 0 saturated carbocycles. The van der Waals surface area contributed by atoms with E-state index in [4.69, 9.17) is 29.4 Å². The van der Waals surface area contributed by atoms with Crippen molar-refractivity contribution in [1.82, 2.24) is 0 Å². The van der Waals surface area contributed by atoms with Crippen LogP contribution in [-0.4, -0.2) is 48.8 Å². The summed E-state index contributed by atoms with van der Waals surface area (Å²) < 4.78 is 29.2. The van der Waals surface area contributed by atoms with Crippen LogP contribution in [0.4, 0.5) is 0 Å². The van der Waals surface area contributed by atoms with Crippen LogP contribution in [0.25, 0.3) is 0 Å². The van der Waals surface area contributed by atoms with Gasteiger partial charge in [-0.25, -0.2) is 0 Å². The molecule has 0 radical (unpaired) electrons. The summed E-state index contributed by atoms with van der Waals surface area (Å²) in [5.41, 5.74) is 5.74. The maximum atomic E-state index is 5.93. The van der Waals surface area contributed by atoms with Crippen molar-refractivity contribution >= 4 is 0 Å². The van der Waals surface area contributed by atoms with Crippen LogP contribution in [0.15, 0.2) is 0 Å². The molecular formula is C12H21NO5. The Morgan fingerprint density at radius 2 is 1.39 bits per heavy atom. The molecule has 2 N–H and O–H groups in total. The van der Waals surface area contributed by atoms with Gasteiger partial charge < -0.3 is 29.4 Å². The van der Waals surface area contributed by atoms with Crippen LogP contribution in [-0.2, 0) is 23.7 Å². The molecular weight excluding hydrogens is 238 g/mol. The molecule has 3 fully saturated rings. The molecule has 3 heterocycles. The maximum absolute atomic E-state index is 5.93. The number of hydrogen-bond donors (Lipinski definition) is 1. The number of fused-ring (bicyclic) bond motifs is 3. The van der Waals surface area contributed by atoms with E-state index in [2.05, 4.69) is 0 Å². The maximum Gasteiger partial charge on any atom is 0.190 e. The Labute approximate surface area is 107 Å². The Morgan fingerprint density at radius 1 is 0.833 bits per heavy atom. The summed E-state index contributed by atoms with van der Waals surface area (Å²) in [4.78, 5) is 0. The van der Waals surface area contributed by atoms with Crippen molar-refractivity contribution in [3.05, 3.63) is 0 Å². The predicted molar refractivity (Wildman–Crippen MR) is 61.6 cm³/mol. The van der Waals surface area contributed by atoms with Gasteiger partial charge in [0.25, 0.3) is 0 Å². The molecule has 3 saturated heterocycles. The van der Waals surface area contributed by atoms with Gasteiger partial charge >= 0.3 is 0 Å². The first-order valence-corrected chi connectivity index (χ1v) is 6.38. The summed E-state index contributed by atoms with van der Waals surface area (Å²) >= 11 is 0. The minimum Gasteiger partial charge on any atom is -0.342 e. The van der Waals surface area contributed by atoms with Gasteiger partial charge in [0.2, 0.25) is 0 Å². The normalized spacial score (nSPS) is 48.8. The van der Waals surface area contributed by atoms with Crippen molar-refractivity contribution < 1.29 is 23.7 Å². The van der Waals surface area contributed by atoms with Crippen molar-refractivity contribution in [1.29, 1.82) is 0 Å². The van der Waals surface area contributed by atoms with Crippen molar-refractivity contribution in [2.45, 2.75) is 70.0 Å². The second-order valence-electron chi connectivity index (χ2n) is 5.94. The van der Waals surface area contributed by atoms with Gasteiger partial charge in [-0.05, 0) is 27.7 Å². The molecule has 104 valence electrons. The molecule has 3 rings (SSSR count). The molecule has 0 spiro atoms. The molecule has 3 aliphatic rings. The number of ether oxygens (including phenoxy) is 5. The fraction of sp³-hybridized carbons (Fsp3) is 1.00. The van der Waals surface area contributed by atoms with Crippen molar-refractivity contribution in [2.24, 2.45) is 5.73 Å². The minimum atomic E-state index is -0.667. The average Bonchev–Trinajstić information content (AvgIpc) is 2.71. The SMILES string of the molecule is CC1(C)O[C@@H]2O[C@@H](CN)[C@H]3OC(C)(C)O[C@H]3[C@@H]2O1. The molecule has 0 amide bonds. The fourth-order valence-electron chi connectivity index (χ4n) is 2.88. The van der Waals surface area contributed by atoms with Gasteiger partial charge in [-0.3, -0.25) is 0 Å². The summed E-state index contributed by atoms with van der Waals surface area (Å²) in [5, 5.41) is 0. The van der Waals surface area contributed by atoms with Crippen LogP contribution in [0.3, 0.4) is 0 Å². The predicted octanol–water partition coefficient (Wildman–Crippen LogP) is 0.342. The Balaban J connectivity index is 1.86. The number of nitrogens with two attached hydrogens (primary N) is 1. The lowest BCUT2D eigenvalue weighted by Gasteiger charge is -2.36. The zero-order valence-electron chi connectivity index (χ0n) is 11.2. The van der Waals surface area contributed by atoms with E-state index < -0.39 is 17.9 Å². The highest BCUT2D eigenvalue weighted by Gasteiger charge is 2.60. The van der Waals surface area contributed by atoms with E-state index >= 15 is 0 Å². The van der Waals surface area contributed by atoms with E-state index in [0.717, 1.165) is 0 Å². The largest absolute Gasteiger partial charge is 0.342 e. The minimum absolute atomic E-state index is 0.200. The topological polar surface area (TPSA) is 72.2 Å². The van der Waals surface area contributed by atoms with Gasteiger partial charge in [0.05, 0.1) is 0 Å². The van der Waals surface area contributed by atoms with Crippen LogP contribution in [0.2, 0.25) is 0 Å². The number of rotatable bonds is 1. The summed E-state index contributed by atoms with van der Waals surface area (Å²) in [6.07, 6.45) is -1.34. The lowest BCUT2D eigenvalue weighted by Crippen LogP contribution is -2.57. The Morgan fingerprint density at radius 3 is 2.06 bits per heavy atom. The molecule has 0 aromatic carbocycles. The quantitative estimate of drug-likeness (QED) is 0.732. The smallest absolute Gasteiger partial charge is 0.190 e. The van der Waals surface area contributed by atoms with Crippen LogP contribution in [0.1, 0.15) is 27.7 Å². The Hall–Kier alpha value is -0.240. The highest BCUT2D eigenvalue weighted by atomic mass is 16.9. The summed E-state index contributed by atoms with van der Waals surface area (Å²) in [6, 6.07) is 0.